The van der Waals surface area contributed by atoms with Crippen LogP contribution in [0, 0.1) is 26.6 Å². The maximum Gasteiger partial charge on any atom is 0.226 e. The second-order valence-corrected chi connectivity index (χ2v) is 10.6. The first-order valence-electron chi connectivity index (χ1n) is 13.6. The zero-order valence-electron chi connectivity index (χ0n) is 23.2. The Morgan fingerprint density at radius 2 is 1.85 bits per heavy atom. The topological polar surface area (TPSA) is 62.2 Å². The minimum absolute atomic E-state index is 0.157. The van der Waals surface area contributed by atoms with E-state index in [1.807, 2.05) is 18.2 Å². The van der Waals surface area contributed by atoms with Crippen LogP contribution < -0.4 is 10.6 Å². The van der Waals surface area contributed by atoms with Crippen LogP contribution in [-0.4, -0.2) is 32.0 Å². The second kappa shape index (κ2) is 11.6. The molecular weight excluding hydrogens is 521 g/mol. The van der Waals surface area contributed by atoms with Crippen molar-refractivity contribution in [3.05, 3.63) is 113 Å². The average Bonchev–Trinajstić information content (AvgIpc) is 3.43. The summed E-state index contributed by atoms with van der Waals surface area (Å²) in [5.74, 6) is -0.503. The standard InChI is InChI=1S/C32H34FN5OS/c1-5-23-10-8-9-20(2)30(23)38-21(3)19-26(22(38)4)31-29(27-11-6-7-17-34-27)36-32(40)37(31)18-16-28(39)35-25-14-12-24(33)13-15-25/h6-15,17,19,29,31H,5,16,18H2,1-4H3,(H,35,39)(H,36,40)/t29-,31+/m1/s1. The van der Waals surface area contributed by atoms with E-state index in [0.717, 1.165) is 29.1 Å². The summed E-state index contributed by atoms with van der Waals surface area (Å²) in [6.45, 7) is 9.05. The van der Waals surface area contributed by atoms with Crippen molar-refractivity contribution in [1.29, 1.82) is 0 Å². The van der Waals surface area contributed by atoms with Crippen LogP contribution in [0.25, 0.3) is 5.69 Å². The fourth-order valence-electron chi connectivity index (χ4n) is 5.72. The summed E-state index contributed by atoms with van der Waals surface area (Å²) >= 11 is 5.83. The Hall–Kier alpha value is -4.04. The summed E-state index contributed by atoms with van der Waals surface area (Å²) in [6.07, 6.45) is 2.95. The number of nitrogens with one attached hydrogen (secondary N) is 2. The lowest BCUT2D eigenvalue weighted by Crippen LogP contribution is -2.32. The third-order valence-electron chi connectivity index (χ3n) is 7.62. The molecule has 1 amide bonds. The smallest absolute Gasteiger partial charge is 0.226 e. The predicted octanol–water partition coefficient (Wildman–Crippen LogP) is 6.50. The van der Waals surface area contributed by atoms with Crippen molar-refractivity contribution in [3.63, 3.8) is 0 Å². The number of pyridine rings is 1. The molecule has 3 heterocycles. The van der Waals surface area contributed by atoms with Gasteiger partial charge in [0.15, 0.2) is 5.11 Å². The molecule has 1 aliphatic heterocycles. The van der Waals surface area contributed by atoms with Crippen molar-refractivity contribution in [2.45, 2.75) is 52.6 Å². The van der Waals surface area contributed by atoms with Crippen LogP contribution in [0.15, 0.2) is 72.9 Å². The zero-order valence-corrected chi connectivity index (χ0v) is 24.1. The van der Waals surface area contributed by atoms with Crippen LogP contribution >= 0.6 is 12.2 Å². The summed E-state index contributed by atoms with van der Waals surface area (Å²) in [7, 11) is 0. The third-order valence-corrected chi connectivity index (χ3v) is 7.97. The van der Waals surface area contributed by atoms with Gasteiger partial charge in [0.2, 0.25) is 5.91 Å². The van der Waals surface area contributed by atoms with Crippen molar-refractivity contribution in [3.8, 4) is 5.69 Å². The van der Waals surface area contributed by atoms with E-state index >= 15 is 0 Å². The van der Waals surface area contributed by atoms with Crippen LogP contribution in [0.2, 0.25) is 0 Å². The number of thiocarbonyl (C=S) groups is 1. The summed E-state index contributed by atoms with van der Waals surface area (Å²) < 4.78 is 15.6. The van der Waals surface area contributed by atoms with Crippen molar-refractivity contribution in [1.82, 2.24) is 19.8 Å². The number of rotatable bonds is 8. The monoisotopic (exact) mass is 555 g/mol. The molecule has 6 nitrogen and oxygen atoms in total. The minimum atomic E-state index is -0.343. The molecule has 0 unspecified atom stereocenters. The molecule has 0 spiro atoms. The van der Waals surface area contributed by atoms with Gasteiger partial charge in [0.1, 0.15) is 5.82 Å². The van der Waals surface area contributed by atoms with E-state index in [1.165, 1.54) is 28.9 Å². The molecule has 0 bridgehead atoms. The van der Waals surface area contributed by atoms with Crippen LogP contribution in [0.3, 0.4) is 0 Å². The van der Waals surface area contributed by atoms with Gasteiger partial charge in [0.25, 0.3) is 0 Å². The Balaban J connectivity index is 1.50. The Morgan fingerprint density at radius 3 is 2.55 bits per heavy atom. The molecule has 1 fully saturated rings. The number of benzene rings is 2. The van der Waals surface area contributed by atoms with Gasteiger partial charge in [0.05, 0.1) is 23.5 Å². The Kier molecular flexibility index (Phi) is 7.98. The first kappa shape index (κ1) is 27.5. The lowest BCUT2D eigenvalue weighted by Gasteiger charge is -2.28. The van der Waals surface area contributed by atoms with E-state index < -0.39 is 0 Å². The van der Waals surface area contributed by atoms with E-state index in [0.29, 0.717) is 17.3 Å². The number of aromatic nitrogens is 2. The zero-order chi connectivity index (χ0) is 28.4. The van der Waals surface area contributed by atoms with E-state index in [4.69, 9.17) is 12.2 Å². The van der Waals surface area contributed by atoms with Gasteiger partial charge in [-0.2, -0.15) is 0 Å². The SMILES string of the molecule is CCc1cccc(C)c1-n1c(C)cc([C@H]2[C@@H](c3ccccn3)NC(=S)N2CCC(=O)Nc2ccc(F)cc2)c1C. The lowest BCUT2D eigenvalue weighted by atomic mass is 9.96. The molecule has 1 aliphatic rings. The van der Waals surface area contributed by atoms with Gasteiger partial charge in [-0.1, -0.05) is 31.2 Å². The number of carbonyl (C=O) groups excluding carboxylic acids is 1. The number of amides is 1. The summed E-state index contributed by atoms with van der Waals surface area (Å²) in [5.41, 5.74) is 8.62. The van der Waals surface area contributed by atoms with E-state index in [2.05, 4.69) is 77.0 Å². The fraction of sp³-hybridized carbons (Fsp3) is 0.281. The number of aryl methyl sites for hydroxylation is 3. The highest BCUT2D eigenvalue weighted by Gasteiger charge is 2.41. The van der Waals surface area contributed by atoms with Gasteiger partial charge in [-0.3, -0.25) is 9.78 Å². The molecule has 0 saturated carbocycles. The highest BCUT2D eigenvalue weighted by molar-refractivity contribution is 7.80. The number of nitrogens with zero attached hydrogens (tertiary/aromatic N) is 3. The highest BCUT2D eigenvalue weighted by Crippen LogP contribution is 2.42. The van der Waals surface area contributed by atoms with Gasteiger partial charge in [-0.25, -0.2) is 4.39 Å². The fourth-order valence-corrected chi connectivity index (χ4v) is 6.05. The predicted molar refractivity (Wildman–Crippen MR) is 161 cm³/mol. The van der Waals surface area contributed by atoms with Gasteiger partial charge >= 0.3 is 0 Å². The van der Waals surface area contributed by atoms with Crippen molar-refractivity contribution in [2.75, 3.05) is 11.9 Å². The van der Waals surface area contributed by atoms with Crippen molar-refractivity contribution >= 4 is 28.9 Å². The van der Waals surface area contributed by atoms with E-state index in [-0.39, 0.29) is 30.2 Å². The van der Waals surface area contributed by atoms with Gasteiger partial charge in [-0.15, -0.1) is 0 Å². The molecule has 0 radical (unpaired) electrons. The van der Waals surface area contributed by atoms with Crippen LogP contribution in [0.5, 0.6) is 0 Å². The highest BCUT2D eigenvalue weighted by atomic mass is 32.1. The first-order valence-corrected chi connectivity index (χ1v) is 14.0. The van der Waals surface area contributed by atoms with Crippen LogP contribution in [-0.2, 0) is 11.2 Å². The summed E-state index contributed by atoms with van der Waals surface area (Å²) in [6, 6.07) is 20.0. The normalized spacial score (nSPS) is 16.7. The average molecular weight is 556 g/mol. The van der Waals surface area contributed by atoms with E-state index in [1.54, 1.807) is 18.3 Å². The number of anilines is 1. The number of hydrogen-bond donors (Lipinski definition) is 2. The molecule has 4 aromatic rings. The van der Waals surface area contributed by atoms with Crippen molar-refractivity contribution in [2.24, 2.45) is 0 Å². The third kappa shape index (κ3) is 5.36. The van der Waals surface area contributed by atoms with Crippen LogP contribution in [0.4, 0.5) is 10.1 Å². The molecule has 1 saturated heterocycles. The Morgan fingerprint density at radius 1 is 1.07 bits per heavy atom. The molecule has 0 aliphatic carbocycles. The maximum atomic E-state index is 13.3. The summed E-state index contributed by atoms with van der Waals surface area (Å²) in [5, 5.41) is 6.94. The summed E-state index contributed by atoms with van der Waals surface area (Å²) in [4.78, 5) is 19.6. The molecule has 2 N–H and O–H groups in total. The maximum absolute atomic E-state index is 13.3. The molecule has 40 heavy (non-hydrogen) atoms. The Labute approximate surface area is 240 Å². The quantitative estimate of drug-likeness (QED) is 0.243. The van der Waals surface area contributed by atoms with Gasteiger partial charge < -0.3 is 20.1 Å². The largest absolute Gasteiger partial charge is 0.352 e. The van der Waals surface area contributed by atoms with Gasteiger partial charge in [-0.05, 0) is 98.6 Å². The molecule has 2 aromatic heterocycles. The minimum Gasteiger partial charge on any atom is -0.352 e. The molecule has 8 heteroatoms. The molecule has 5 rings (SSSR count). The molecule has 2 atom stereocenters. The number of para-hydroxylation sites is 1. The molecule has 2 aromatic carbocycles. The second-order valence-electron chi connectivity index (χ2n) is 10.2. The first-order chi connectivity index (χ1) is 19.3. The Bertz CT molecular complexity index is 1530. The molecule has 206 valence electrons. The number of carbonyl (C=O) groups is 1. The molecular formula is C32H34FN5OS. The van der Waals surface area contributed by atoms with Gasteiger partial charge in [0, 0.05) is 36.2 Å². The number of halogens is 1. The lowest BCUT2D eigenvalue weighted by molar-refractivity contribution is -0.116. The van der Waals surface area contributed by atoms with Crippen LogP contribution in [0.1, 0.15) is 59.2 Å². The van der Waals surface area contributed by atoms with Crippen molar-refractivity contribution < 1.29 is 9.18 Å². The van der Waals surface area contributed by atoms with E-state index in [9.17, 15) is 9.18 Å². The number of hydrogen-bond acceptors (Lipinski definition) is 3.